The molecule has 2 saturated carbocycles. The van der Waals surface area contributed by atoms with E-state index in [2.05, 4.69) is 0 Å². The van der Waals surface area contributed by atoms with Gasteiger partial charge in [-0.05, 0) is 221 Å². The first-order valence-electron chi connectivity index (χ1n) is 50.7. The van der Waals surface area contributed by atoms with Crippen LogP contribution in [0.4, 0.5) is 0 Å². The van der Waals surface area contributed by atoms with Gasteiger partial charge in [-0.15, -0.1) is 11.8 Å². The minimum absolute atomic E-state index is 0.0179. The third-order valence-electron chi connectivity index (χ3n) is 29.8. The molecular weight excluding hydrogens is 1840 g/mol. The minimum Gasteiger partial charge on any atom is -0.460 e. The van der Waals surface area contributed by atoms with Gasteiger partial charge in [-0.1, -0.05) is 151 Å². The largest absolute Gasteiger partial charge is 0.460 e. The van der Waals surface area contributed by atoms with Crippen molar-refractivity contribution in [2.75, 3.05) is 80.7 Å². The Hall–Kier alpha value is -6.15. The van der Waals surface area contributed by atoms with Crippen molar-refractivity contribution in [1.82, 2.24) is 9.80 Å². The normalized spacial score (nSPS) is 37.4. The molecular formula is C107H170N2O27P2S+2. The molecule has 0 aromatic heterocycles. The highest BCUT2D eigenvalue weighted by atomic mass is 32.2. The number of ketones is 6. The number of rotatable bonds is 16. The Morgan fingerprint density at radius 2 is 0.856 bits per heavy atom. The summed E-state index contributed by atoms with van der Waals surface area (Å²) >= 11 is 1.67. The molecule has 0 radical (unpaired) electrons. The number of aliphatic hydroxyl groups is 5. The fourth-order valence-corrected chi connectivity index (χ4v) is 23.0. The quantitative estimate of drug-likeness (QED) is 0.0415. The van der Waals surface area contributed by atoms with E-state index in [1.807, 2.05) is 123 Å². The SMILES string of the molecule is CC[P+](C)=O.CO[C@H]1C[C@@H]2CC[C@@H](C)[C@@](O)(O2)C(=O)C(=O)N2CCCCC2C(=O)O[C@H]([C@H](C)C[C@@H]2CCC(O)[C@H](OC)C2)CC(=O)[C@H](C)/C=C(\C)[C@@H](O)[C@@H](OC)C(=O)[C@H](C)C[C@H](C)/C=C/C=CC=C1C.CO[C@H]1C[C@@H]2CC[C@@H](C)[C@@](O)(O2)C(=O)C(=O)N2CCCCC2C(=O)O[C@H]([C@H](C)C[C@@H]2CCC(SC[P+](C)=O)[C@H](OC)C2)CC(=O)[C@H](C)/C=C(\C)[C@@H](O)[C@@H](OC)C(=O)[C@H](C)C[C@H](C)/C=C/C=CC=C1C. The van der Waals surface area contributed by atoms with Crippen LogP contribution in [-0.2, 0) is 104 Å². The van der Waals surface area contributed by atoms with E-state index in [4.69, 9.17) is 47.4 Å². The molecule has 6 heterocycles. The lowest BCUT2D eigenvalue weighted by Gasteiger charge is -2.42. The summed E-state index contributed by atoms with van der Waals surface area (Å²) in [5.41, 5.74) is 3.10. The summed E-state index contributed by atoms with van der Waals surface area (Å²) < 4.78 is 81.1. The average molecular weight is 2010 g/mol. The Labute approximate surface area is 834 Å². The van der Waals surface area contributed by atoms with E-state index in [9.17, 15) is 82.6 Å². The summed E-state index contributed by atoms with van der Waals surface area (Å²) in [5, 5.41) is 57.5. The summed E-state index contributed by atoms with van der Waals surface area (Å²) in [5.74, 6) is -15.8. The number of carbonyl (C=O) groups excluding carboxylic acids is 10. The van der Waals surface area contributed by atoms with Crippen molar-refractivity contribution in [3.8, 4) is 0 Å². The third-order valence-corrected chi connectivity index (χ3v) is 33.8. The highest BCUT2D eigenvalue weighted by molar-refractivity contribution is 8.04. The number of ether oxygens (including phenoxy) is 10. The van der Waals surface area contributed by atoms with E-state index in [0.717, 1.165) is 43.0 Å². The molecule has 8 rings (SSSR count). The Balaban J connectivity index is 0.000000407. The van der Waals surface area contributed by atoms with Crippen molar-refractivity contribution in [2.45, 2.75) is 366 Å². The average Bonchev–Trinajstić information content (AvgIpc) is 0.776. The van der Waals surface area contributed by atoms with E-state index in [1.165, 1.54) is 24.0 Å². The monoisotopic (exact) mass is 2010 g/mol. The molecule has 0 spiro atoms. The highest BCUT2D eigenvalue weighted by Crippen LogP contribution is 2.44. The smallest absolute Gasteiger partial charge is 0.346 e. The molecule has 6 unspecified atom stereocenters. The van der Waals surface area contributed by atoms with Crippen LogP contribution >= 0.6 is 27.4 Å². The second kappa shape index (κ2) is 59.5. The summed E-state index contributed by atoms with van der Waals surface area (Å²) in [6.45, 7) is 30.9. The van der Waals surface area contributed by atoms with E-state index < -0.39 is 177 Å². The molecule has 6 fully saturated rings. The van der Waals surface area contributed by atoms with Crippen molar-refractivity contribution in [3.63, 3.8) is 0 Å². The predicted molar refractivity (Wildman–Crippen MR) is 538 cm³/mol. The Morgan fingerprint density at radius 1 is 0.468 bits per heavy atom. The zero-order chi connectivity index (χ0) is 104. The summed E-state index contributed by atoms with van der Waals surface area (Å²) in [7, 11) is 7.03. The number of fused-ring (bicyclic) bond motifs is 6. The van der Waals surface area contributed by atoms with Crippen LogP contribution in [0.1, 0.15) is 258 Å². The number of esters is 2. The molecule has 8 aliphatic rings. The maximum Gasteiger partial charge on any atom is 0.346 e. The lowest BCUT2D eigenvalue weighted by Crippen LogP contribution is -2.61. The van der Waals surface area contributed by atoms with Gasteiger partial charge in [-0.2, -0.15) is 0 Å². The second-order valence-corrected chi connectivity index (χ2v) is 46.1. The highest BCUT2D eigenvalue weighted by Gasteiger charge is 2.56. The van der Waals surface area contributed by atoms with Crippen LogP contribution in [-0.4, -0.2) is 283 Å². The van der Waals surface area contributed by atoms with Crippen LogP contribution in [0.25, 0.3) is 0 Å². The lowest BCUT2D eigenvalue weighted by atomic mass is 9.78. The van der Waals surface area contributed by atoms with Crippen LogP contribution < -0.4 is 0 Å². The maximum absolute atomic E-state index is 14.5. The first kappa shape index (κ1) is 122. The number of hydrogen-bond donors (Lipinski definition) is 5. The number of nitrogens with zero attached hydrogens (tertiary/aromatic N) is 2. The van der Waals surface area contributed by atoms with Gasteiger partial charge in [0, 0.05) is 122 Å². The molecule has 32 atom stereocenters. The summed E-state index contributed by atoms with van der Waals surface area (Å²) in [4.78, 5) is 144. The van der Waals surface area contributed by atoms with Crippen LogP contribution in [0.15, 0.2) is 95.2 Å². The Kier molecular flexibility index (Phi) is 52.0. The number of piperidine rings is 2. The first-order chi connectivity index (χ1) is 65.7. The van der Waals surface area contributed by atoms with Gasteiger partial charge >= 0.3 is 27.5 Å². The molecule has 2 amide bonds. The molecule has 0 aromatic carbocycles. The van der Waals surface area contributed by atoms with Crippen LogP contribution in [0.2, 0.25) is 0 Å². The lowest BCUT2D eigenvalue weighted by molar-refractivity contribution is -0.265. The molecule has 32 heteroatoms. The number of Topliss-reactive ketones (excluding diaryl/α,β-unsaturated/α-hetero) is 6. The summed E-state index contributed by atoms with van der Waals surface area (Å²) in [6, 6.07) is -2.28. The topological polar surface area (TPSA) is 405 Å². The fraction of sp³-hybridized carbons (Fsp3) is 0.757. The zero-order valence-electron chi connectivity index (χ0n) is 87.3. The number of carbonyl (C=O) groups is 10. The molecule has 5 N–H and O–H groups in total. The fourth-order valence-electron chi connectivity index (χ4n) is 20.6. The molecule has 0 aromatic rings. The van der Waals surface area contributed by atoms with Gasteiger partial charge in [0.05, 0.1) is 42.7 Å². The van der Waals surface area contributed by atoms with Gasteiger partial charge in [0.15, 0.2) is 17.1 Å². The molecule has 4 saturated heterocycles. The number of allylic oxidation sites excluding steroid dienone is 12. The molecule has 4 bridgehead atoms. The van der Waals surface area contributed by atoms with Crippen molar-refractivity contribution in [1.29, 1.82) is 0 Å². The van der Waals surface area contributed by atoms with Gasteiger partial charge in [-0.3, -0.25) is 38.4 Å². The van der Waals surface area contributed by atoms with Crippen molar-refractivity contribution in [3.05, 3.63) is 95.2 Å². The van der Waals surface area contributed by atoms with Crippen LogP contribution in [0, 0.1) is 71.0 Å². The van der Waals surface area contributed by atoms with E-state index in [1.54, 1.807) is 107 Å². The number of amides is 2. The number of hydrogen-bond acceptors (Lipinski definition) is 28. The van der Waals surface area contributed by atoms with Gasteiger partial charge in [0.25, 0.3) is 23.4 Å². The predicted octanol–water partition coefficient (Wildman–Crippen LogP) is 16.0. The van der Waals surface area contributed by atoms with Crippen molar-refractivity contribution < 1.29 is 130 Å². The molecule has 29 nitrogen and oxygen atoms in total. The standard InChI is InChI=1S/C53H83NO13PS.C51H79NO13.C3H8OP/c1-32-17-13-12-14-18-33(2)43(63-8)29-40-22-20-38(7)53(61,67-40)50(58)51(59)54-24-16-15-19-41(54)52(60)66-44(35(4)27-39-21-23-46(45(28-39)64-9)69-31-68(11)62)30-42(55)34(3)26-37(6)48(57)49(65-10)47(56)36(5)25-32;1-30-16-12-11-13-17-31(2)42(61-8)28-38-21-19-36(7)51(60,65-38)48(57)49(58)52-23-15-14-18-39(52)50(59)64-43(33(4)26-37-20-22-40(53)44(27-37)62-9)29-41(54)32(3)25-35(6)46(56)47(63-10)45(55)34(5)24-30;1-3-5(2)4/h12-14,17-18,26,32,34-36,38-41,43-46,48-49,57,61H,15-16,19-25,27-31H2,1-11H3;11-13,16-17,25,30,32-34,36-40,42-44,46-47,53,56,60H,14-15,18-24,26-29H2,1-10H3;3H2,1-2H3/q+1;;+1/b14-12?,17-13+,33-18?,37-26+;13-11?,16-12+,31-17?,35-25+;/t32-,34-,35-,36-,38-,39+,40+,41?,43+,44+,45-,46?,48-,49+,53-;30-,32-,33-,34-,36-,37+,38+,39?,40?,42+,43+,44-,46-,47+,51-;/m11./s1. The molecule has 6 aliphatic heterocycles. The molecule has 139 heavy (non-hydrogen) atoms. The van der Waals surface area contributed by atoms with Gasteiger partial charge < -0.3 is 82.7 Å². The van der Waals surface area contributed by atoms with Crippen molar-refractivity contribution in [2.24, 2.45) is 71.0 Å². The minimum atomic E-state index is -2.43. The van der Waals surface area contributed by atoms with E-state index in [0.29, 0.717) is 119 Å². The zero-order valence-corrected chi connectivity index (χ0v) is 89.9. The number of cyclic esters (lactones) is 2. The Bertz CT molecular complexity index is 4310. The maximum atomic E-state index is 14.5. The number of aliphatic hydroxyl groups excluding tert-OH is 3. The summed E-state index contributed by atoms with van der Waals surface area (Å²) in [6.07, 6.45) is 24.8. The van der Waals surface area contributed by atoms with Crippen molar-refractivity contribution >= 4 is 85.8 Å². The van der Waals surface area contributed by atoms with Crippen LogP contribution in [0.3, 0.4) is 0 Å². The van der Waals surface area contributed by atoms with Gasteiger partial charge in [0.1, 0.15) is 79.8 Å². The molecule has 2 aliphatic carbocycles. The van der Waals surface area contributed by atoms with Gasteiger partial charge in [0.2, 0.25) is 11.6 Å². The van der Waals surface area contributed by atoms with E-state index >= 15 is 0 Å². The third kappa shape index (κ3) is 35.9. The van der Waals surface area contributed by atoms with E-state index in [-0.39, 0.29) is 115 Å². The van der Waals surface area contributed by atoms with Gasteiger partial charge in [-0.25, -0.2) is 9.59 Å². The number of thioether (sulfide) groups is 1. The Morgan fingerprint density at radius 3 is 1.22 bits per heavy atom. The van der Waals surface area contributed by atoms with Crippen LogP contribution in [0.5, 0.6) is 0 Å². The number of methoxy groups -OCH3 is 6. The second-order valence-electron chi connectivity index (χ2n) is 41.0. The molecule has 784 valence electrons. The first-order valence-corrected chi connectivity index (χ1v) is 55.5.